The maximum atomic E-state index is 13.3. The van der Waals surface area contributed by atoms with Gasteiger partial charge in [0.15, 0.2) is 0 Å². The zero-order valence-corrected chi connectivity index (χ0v) is 14.9. The molecular weight excluding hydrogens is 353 g/mol. The van der Waals surface area contributed by atoms with Gasteiger partial charge in [0.1, 0.15) is 12.1 Å². The molecule has 0 unspecified atom stereocenters. The van der Waals surface area contributed by atoms with Gasteiger partial charge in [0.05, 0.1) is 10.6 Å². The summed E-state index contributed by atoms with van der Waals surface area (Å²) >= 11 is 1.48. The Morgan fingerprint density at radius 2 is 2.04 bits per heavy atom. The molecule has 0 radical (unpaired) electrons. The lowest BCUT2D eigenvalue weighted by atomic mass is 10.2. The number of thiophene rings is 1. The second-order valence-corrected chi connectivity index (χ2v) is 7.15. The van der Waals surface area contributed by atoms with Crippen LogP contribution in [0.15, 0.2) is 52.5 Å². The van der Waals surface area contributed by atoms with Gasteiger partial charge in [0, 0.05) is 38.3 Å². The zero-order valence-electron chi connectivity index (χ0n) is 14.1. The third kappa shape index (κ3) is 3.68. The van der Waals surface area contributed by atoms with Crippen LogP contribution in [0, 0.1) is 5.82 Å². The number of aromatic nitrogens is 1. The van der Waals surface area contributed by atoms with Gasteiger partial charge in [-0.25, -0.2) is 9.37 Å². The summed E-state index contributed by atoms with van der Waals surface area (Å²) in [5.74, 6) is 0.217. The van der Waals surface area contributed by atoms with Gasteiger partial charge < -0.3 is 9.32 Å². The van der Waals surface area contributed by atoms with Gasteiger partial charge in [-0.15, -0.1) is 11.3 Å². The Morgan fingerprint density at radius 3 is 2.77 bits per heavy atom. The first-order valence-corrected chi connectivity index (χ1v) is 9.32. The largest absolute Gasteiger partial charge is 0.444 e. The lowest BCUT2D eigenvalue weighted by Crippen LogP contribution is -2.48. The second-order valence-electron chi connectivity index (χ2n) is 6.20. The van der Waals surface area contributed by atoms with Crippen molar-refractivity contribution in [2.45, 2.75) is 6.54 Å². The molecule has 1 amide bonds. The fraction of sp³-hybridized carbons (Fsp3) is 0.263. The lowest BCUT2D eigenvalue weighted by Gasteiger charge is -2.34. The Labute approximate surface area is 154 Å². The minimum atomic E-state index is -0.311. The Balaban J connectivity index is 1.34. The molecule has 1 saturated heterocycles. The van der Waals surface area contributed by atoms with Crippen LogP contribution >= 0.6 is 11.3 Å². The summed E-state index contributed by atoms with van der Waals surface area (Å²) in [6.45, 7) is 3.63. The van der Waals surface area contributed by atoms with Gasteiger partial charge in [-0.3, -0.25) is 9.69 Å². The van der Waals surface area contributed by atoms with Crippen molar-refractivity contribution in [2.24, 2.45) is 0 Å². The first kappa shape index (κ1) is 16.9. The molecule has 0 saturated carbocycles. The monoisotopic (exact) mass is 371 g/mol. The lowest BCUT2D eigenvalue weighted by molar-refractivity contribution is 0.0631. The second kappa shape index (κ2) is 7.39. The van der Waals surface area contributed by atoms with Crippen LogP contribution in [-0.2, 0) is 6.54 Å². The van der Waals surface area contributed by atoms with E-state index in [0.717, 1.165) is 23.7 Å². The highest BCUT2D eigenvalue weighted by molar-refractivity contribution is 7.12. The third-order valence-corrected chi connectivity index (χ3v) is 5.26. The molecule has 5 nitrogen and oxygen atoms in total. The normalized spacial score (nSPS) is 15.3. The topological polar surface area (TPSA) is 49.6 Å². The van der Waals surface area contributed by atoms with Gasteiger partial charge in [-0.05, 0) is 29.6 Å². The fourth-order valence-electron chi connectivity index (χ4n) is 3.03. The Bertz CT molecular complexity index is 886. The van der Waals surface area contributed by atoms with E-state index in [9.17, 15) is 9.18 Å². The van der Waals surface area contributed by atoms with E-state index in [1.54, 1.807) is 18.4 Å². The van der Waals surface area contributed by atoms with Crippen LogP contribution in [0.2, 0.25) is 0 Å². The maximum Gasteiger partial charge on any atom is 0.264 e. The van der Waals surface area contributed by atoms with E-state index < -0.39 is 0 Å². The van der Waals surface area contributed by atoms with Crippen LogP contribution in [0.5, 0.6) is 0 Å². The SMILES string of the molecule is O=C(c1cccs1)N1CCN(Cc2coc(-c3cccc(F)c3)n2)CC1. The summed E-state index contributed by atoms with van der Waals surface area (Å²) in [4.78, 5) is 21.8. The number of amides is 1. The molecule has 0 spiro atoms. The third-order valence-electron chi connectivity index (χ3n) is 4.40. The molecule has 0 atom stereocenters. The first-order chi connectivity index (χ1) is 12.7. The number of nitrogens with zero attached hydrogens (tertiary/aromatic N) is 3. The highest BCUT2D eigenvalue weighted by Gasteiger charge is 2.23. The number of oxazole rings is 1. The van der Waals surface area contributed by atoms with Gasteiger partial charge in [-0.2, -0.15) is 0 Å². The average Bonchev–Trinajstić information content (AvgIpc) is 3.34. The Kier molecular flexibility index (Phi) is 4.81. The van der Waals surface area contributed by atoms with Crippen molar-refractivity contribution in [1.82, 2.24) is 14.8 Å². The standard InChI is InChI=1S/C19H18FN3O2S/c20-15-4-1-3-14(11-15)18-21-16(13-25-18)12-22-6-8-23(9-7-22)19(24)17-5-2-10-26-17/h1-5,10-11,13H,6-9,12H2. The van der Waals surface area contributed by atoms with Crippen molar-refractivity contribution >= 4 is 17.2 Å². The van der Waals surface area contributed by atoms with Gasteiger partial charge in [-0.1, -0.05) is 12.1 Å². The summed E-state index contributed by atoms with van der Waals surface area (Å²) in [7, 11) is 0. The highest BCUT2D eigenvalue weighted by atomic mass is 32.1. The van der Waals surface area contributed by atoms with Crippen LogP contribution < -0.4 is 0 Å². The molecule has 26 heavy (non-hydrogen) atoms. The maximum absolute atomic E-state index is 13.3. The number of carbonyl (C=O) groups excluding carboxylic acids is 1. The molecule has 1 fully saturated rings. The predicted molar refractivity (Wildman–Crippen MR) is 97.4 cm³/mol. The molecule has 0 N–H and O–H groups in total. The molecule has 3 heterocycles. The minimum absolute atomic E-state index is 0.106. The van der Waals surface area contributed by atoms with Crippen LogP contribution in [0.1, 0.15) is 15.4 Å². The molecule has 134 valence electrons. The van der Waals surface area contributed by atoms with Crippen molar-refractivity contribution in [3.05, 3.63) is 64.4 Å². The first-order valence-electron chi connectivity index (χ1n) is 8.44. The smallest absolute Gasteiger partial charge is 0.264 e. The summed E-state index contributed by atoms with van der Waals surface area (Å²) < 4.78 is 18.8. The van der Waals surface area contributed by atoms with Crippen LogP contribution in [0.3, 0.4) is 0 Å². The number of halogens is 1. The molecule has 3 aromatic rings. The molecule has 0 aliphatic carbocycles. The van der Waals surface area contributed by atoms with E-state index in [-0.39, 0.29) is 11.7 Å². The number of hydrogen-bond acceptors (Lipinski definition) is 5. The minimum Gasteiger partial charge on any atom is -0.444 e. The number of rotatable bonds is 4. The molecular formula is C19H18FN3O2S. The molecule has 1 aliphatic rings. The van der Waals surface area contributed by atoms with E-state index in [0.29, 0.717) is 31.1 Å². The average molecular weight is 371 g/mol. The number of hydrogen-bond donors (Lipinski definition) is 0. The predicted octanol–water partition coefficient (Wildman–Crippen LogP) is 3.50. The summed E-state index contributed by atoms with van der Waals surface area (Å²) in [6.07, 6.45) is 1.61. The Morgan fingerprint density at radius 1 is 1.19 bits per heavy atom. The number of carbonyl (C=O) groups is 1. The zero-order chi connectivity index (χ0) is 17.9. The van der Waals surface area contributed by atoms with Crippen LogP contribution in [0.25, 0.3) is 11.5 Å². The van der Waals surface area contributed by atoms with Crippen molar-refractivity contribution in [2.75, 3.05) is 26.2 Å². The van der Waals surface area contributed by atoms with E-state index in [1.165, 1.54) is 23.5 Å². The molecule has 0 bridgehead atoms. The van der Waals surface area contributed by atoms with E-state index >= 15 is 0 Å². The van der Waals surface area contributed by atoms with Crippen LogP contribution in [0.4, 0.5) is 4.39 Å². The van der Waals surface area contributed by atoms with Crippen molar-refractivity contribution in [3.63, 3.8) is 0 Å². The van der Waals surface area contributed by atoms with Gasteiger partial charge in [0.2, 0.25) is 5.89 Å². The molecule has 1 aliphatic heterocycles. The van der Waals surface area contributed by atoms with E-state index in [1.807, 2.05) is 22.4 Å². The number of benzene rings is 1. The molecule has 1 aromatic carbocycles. The molecule has 7 heteroatoms. The van der Waals surface area contributed by atoms with Crippen molar-refractivity contribution in [3.8, 4) is 11.5 Å². The van der Waals surface area contributed by atoms with Crippen molar-refractivity contribution < 1.29 is 13.6 Å². The quantitative estimate of drug-likeness (QED) is 0.704. The van der Waals surface area contributed by atoms with E-state index in [2.05, 4.69) is 9.88 Å². The van der Waals surface area contributed by atoms with Crippen molar-refractivity contribution in [1.29, 1.82) is 0 Å². The summed E-state index contributed by atoms with van der Waals surface area (Å²) in [5.41, 5.74) is 1.44. The summed E-state index contributed by atoms with van der Waals surface area (Å²) in [6, 6.07) is 9.97. The van der Waals surface area contributed by atoms with Gasteiger partial charge >= 0.3 is 0 Å². The highest BCUT2D eigenvalue weighted by Crippen LogP contribution is 2.20. The van der Waals surface area contributed by atoms with Crippen LogP contribution in [-0.4, -0.2) is 46.9 Å². The molecule has 4 rings (SSSR count). The molecule has 2 aromatic heterocycles. The summed E-state index contributed by atoms with van der Waals surface area (Å²) in [5, 5.41) is 1.92. The number of piperazine rings is 1. The van der Waals surface area contributed by atoms with E-state index in [4.69, 9.17) is 4.42 Å². The Hall–Kier alpha value is -2.51. The van der Waals surface area contributed by atoms with Gasteiger partial charge in [0.25, 0.3) is 5.91 Å². The fourth-order valence-corrected chi connectivity index (χ4v) is 3.72.